The topological polar surface area (TPSA) is 85.2 Å². The molecule has 1 aliphatic rings. The highest BCUT2D eigenvalue weighted by molar-refractivity contribution is 5.87. The zero-order valence-electron chi connectivity index (χ0n) is 20.5. The summed E-state index contributed by atoms with van der Waals surface area (Å²) >= 11 is 0. The van der Waals surface area contributed by atoms with E-state index in [0.29, 0.717) is 25.9 Å². The molecule has 5 atom stereocenters. The van der Waals surface area contributed by atoms with Crippen molar-refractivity contribution in [2.45, 2.75) is 97.7 Å². The second-order valence-corrected chi connectivity index (χ2v) is 10.4. The minimum absolute atomic E-state index is 0.0197. The van der Waals surface area contributed by atoms with Crippen LogP contribution < -0.4 is 0 Å². The molecule has 1 fully saturated rings. The summed E-state index contributed by atoms with van der Waals surface area (Å²) in [6.45, 7) is 11.9. The van der Waals surface area contributed by atoms with Gasteiger partial charge in [0.15, 0.2) is 5.79 Å². The number of hydrogen-bond acceptors (Lipinski definition) is 6. The van der Waals surface area contributed by atoms with Gasteiger partial charge in [0.05, 0.1) is 30.3 Å². The van der Waals surface area contributed by atoms with Crippen LogP contribution in [-0.2, 0) is 20.7 Å². The van der Waals surface area contributed by atoms with Gasteiger partial charge >= 0.3 is 0 Å². The highest BCUT2D eigenvalue weighted by Gasteiger charge is 2.47. The van der Waals surface area contributed by atoms with Crippen molar-refractivity contribution >= 4 is 5.78 Å². The largest absolute Gasteiger partial charge is 0.392 e. The van der Waals surface area contributed by atoms with Crippen molar-refractivity contribution in [1.82, 2.24) is 0 Å². The van der Waals surface area contributed by atoms with Gasteiger partial charge in [0.2, 0.25) is 0 Å². The average molecular weight is 448 g/mol. The third kappa shape index (κ3) is 7.19. The number of benzene rings is 1. The predicted octanol–water partition coefficient (Wildman–Crippen LogP) is 5.30. The summed E-state index contributed by atoms with van der Waals surface area (Å²) in [6.07, 6.45) is 2.27. The highest BCUT2D eigenvalue weighted by Crippen LogP contribution is 2.38. The van der Waals surface area contributed by atoms with Crippen LogP contribution in [0.3, 0.4) is 0 Å². The fourth-order valence-electron chi connectivity index (χ4n) is 4.58. The Morgan fingerprint density at radius 2 is 1.88 bits per heavy atom. The van der Waals surface area contributed by atoms with E-state index in [2.05, 4.69) is 5.18 Å². The first-order valence-corrected chi connectivity index (χ1v) is 11.9. The fourth-order valence-corrected chi connectivity index (χ4v) is 4.58. The monoisotopic (exact) mass is 447 g/mol. The molecule has 6 heteroatoms. The summed E-state index contributed by atoms with van der Waals surface area (Å²) in [6, 6.07) is 9.62. The summed E-state index contributed by atoms with van der Waals surface area (Å²) < 4.78 is 11.8. The van der Waals surface area contributed by atoms with Gasteiger partial charge in [0.1, 0.15) is 5.78 Å². The van der Waals surface area contributed by atoms with Crippen molar-refractivity contribution in [3.8, 4) is 0 Å². The molecule has 0 bridgehead atoms. The molecule has 1 saturated heterocycles. The lowest BCUT2D eigenvalue weighted by molar-refractivity contribution is -0.289. The molecular formula is C26H41NO5. The molecule has 2 rings (SSSR count). The van der Waals surface area contributed by atoms with Crippen LogP contribution in [0.5, 0.6) is 0 Å². The van der Waals surface area contributed by atoms with Gasteiger partial charge in [-0.25, -0.2) is 0 Å². The maximum absolute atomic E-state index is 13.9. The van der Waals surface area contributed by atoms with Gasteiger partial charge in [0, 0.05) is 5.92 Å². The van der Waals surface area contributed by atoms with E-state index in [1.54, 1.807) is 6.92 Å². The number of ether oxygens (including phenoxy) is 2. The molecular weight excluding hydrogens is 406 g/mol. The van der Waals surface area contributed by atoms with Crippen molar-refractivity contribution in [3.05, 3.63) is 40.8 Å². The summed E-state index contributed by atoms with van der Waals surface area (Å²) in [5.41, 5.74) is 0.261. The second kappa shape index (κ2) is 11.5. The van der Waals surface area contributed by atoms with Crippen molar-refractivity contribution < 1.29 is 19.4 Å². The van der Waals surface area contributed by atoms with E-state index in [0.717, 1.165) is 18.4 Å². The van der Waals surface area contributed by atoms with Crippen LogP contribution in [0.25, 0.3) is 0 Å². The number of rotatable bonds is 12. The molecule has 0 aromatic heterocycles. The molecule has 0 radical (unpaired) electrons. The van der Waals surface area contributed by atoms with E-state index in [1.807, 2.05) is 65.0 Å². The lowest BCUT2D eigenvalue weighted by atomic mass is 9.70. The fraction of sp³-hybridized carbons (Fsp3) is 0.731. The molecule has 0 aliphatic carbocycles. The van der Waals surface area contributed by atoms with E-state index < -0.39 is 23.2 Å². The number of nitroso groups, excluding NO2 is 1. The van der Waals surface area contributed by atoms with Crippen LogP contribution in [0.4, 0.5) is 0 Å². The highest BCUT2D eigenvalue weighted by atomic mass is 16.7. The molecule has 1 aromatic carbocycles. The third-order valence-corrected chi connectivity index (χ3v) is 6.79. The summed E-state index contributed by atoms with van der Waals surface area (Å²) in [4.78, 5) is 24.6. The van der Waals surface area contributed by atoms with Crippen molar-refractivity contribution in [2.24, 2.45) is 22.4 Å². The maximum Gasteiger partial charge on any atom is 0.163 e. The summed E-state index contributed by atoms with van der Waals surface area (Å²) in [5.74, 6) is -1.33. The molecule has 0 spiro atoms. The smallest absolute Gasteiger partial charge is 0.163 e. The Bertz CT molecular complexity index is 733. The minimum atomic E-state index is -0.783. The lowest BCUT2D eigenvalue weighted by Gasteiger charge is -2.44. The number of aliphatic hydroxyl groups is 1. The van der Waals surface area contributed by atoms with E-state index in [4.69, 9.17) is 9.47 Å². The molecule has 0 amide bonds. The SMILES string of the molecule is CC(CCC[C@H](C)[C@H](O)[C@@H](Cc1ccccc1)C(=O)C(C)(C)[C@@H]1CCOC(C)(C)O1)N=O. The van der Waals surface area contributed by atoms with E-state index in [1.165, 1.54) is 0 Å². The molecule has 1 aliphatic heterocycles. The number of ketones is 1. The van der Waals surface area contributed by atoms with Crippen LogP contribution in [0.2, 0.25) is 0 Å². The van der Waals surface area contributed by atoms with E-state index in [-0.39, 0.29) is 23.8 Å². The van der Waals surface area contributed by atoms with Gasteiger partial charge in [-0.1, -0.05) is 62.7 Å². The Balaban J connectivity index is 2.21. The van der Waals surface area contributed by atoms with E-state index >= 15 is 0 Å². The molecule has 180 valence electrons. The van der Waals surface area contributed by atoms with Crippen LogP contribution in [0, 0.1) is 22.2 Å². The average Bonchev–Trinajstić information content (AvgIpc) is 2.76. The predicted molar refractivity (Wildman–Crippen MR) is 126 cm³/mol. The van der Waals surface area contributed by atoms with Crippen molar-refractivity contribution in [2.75, 3.05) is 6.61 Å². The number of carbonyl (C=O) groups is 1. The Kier molecular flexibility index (Phi) is 9.55. The number of nitrogens with zero attached hydrogens (tertiary/aromatic N) is 1. The lowest BCUT2D eigenvalue weighted by Crippen LogP contribution is -2.52. The van der Waals surface area contributed by atoms with Gasteiger partial charge in [-0.3, -0.25) is 4.79 Å². The summed E-state index contributed by atoms with van der Waals surface area (Å²) in [5, 5.41) is 14.4. The maximum atomic E-state index is 13.9. The quantitative estimate of drug-likeness (QED) is 0.439. The van der Waals surface area contributed by atoms with Crippen LogP contribution in [0.15, 0.2) is 35.5 Å². The first-order chi connectivity index (χ1) is 15.0. The standard InChI is InChI=1S/C26H41NO5/c1-18(11-10-12-19(2)27-30)23(28)21(17-20-13-8-7-9-14-20)24(29)25(3,4)22-15-16-31-26(5,6)32-22/h7-9,13-14,18-19,21-23,28H,10-12,15-17H2,1-6H3/t18-,19?,21+,22-,23-/m0/s1. The first kappa shape index (κ1) is 26.6. The molecule has 1 N–H and O–H groups in total. The second-order valence-electron chi connectivity index (χ2n) is 10.4. The number of carbonyl (C=O) groups excluding carboxylic acids is 1. The van der Waals surface area contributed by atoms with Gasteiger partial charge in [-0.2, -0.15) is 4.91 Å². The summed E-state index contributed by atoms with van der Waals surface area (Å²) in [7, 11) is 0. The molecule has 0 saturated carbocycles. The molecule has 1 aromatic rings. The Morgan fingerprint density at radius 3 is 2.47 bits per heavy atom. The van der Waals surface area contributed by atoms with Gasteiger partial charge in [-0.05, 0) is 57.9 Å². The normalized spacial score (nSPS) is 22.5. The molecule has 1 unspecified atom stereocenters. The van der Waals surface area contributed by atoms with Crippen molar-refractivity contribution in [1.29, 1.82) is 0 Å². The first-order valence-electron chi connectivity index (χ1n) is 11.9. The number of hydrogen-bond donors (Lipinski definition) is 1. The molecule has 6 nitrogen and oxygen atoms in total. The van der Waals surface area contributed by atoms with Crippen LogP contribution in [0.1, 0.15) is 72.8 Å². The Hall–Kier alpha value is -1.63. The van der Waals surface area contributed by atoms with Gasteiger partial charge < -0.3 is 14.6 Å². The van der Waals surface area contributed by atoms with Gasteiger partial charge in [-0.15, -0.1) is 0 Å². The van der Waals surface area contributed by atoms with Crippen LogP contribution in [-0.4, -0.2) is 41.5 Å². The number of Topliss-reactive ketones (excluding diaryl/α,β-unsaturated/α-hetero) is 1. The zero-order valence-corrected chi connectivity index (χ0v) is 20.5. The van der Waals surface area contributed by atoms with Gasteiger partial charge in [0.25, 0.3) is 0 Å². The molecule has 1 heterocycles. The minimum Gasteiger partial charge on any atom is -0.392 e. The van der Waals surface area contributed by atoms with Crippen LogP contribution >= 0.6 is 0 Å². The third-order valence-electron chi connectivity index (χ3n) is 6.79. The number of aliphatic hydroxyl groups excluding tert-OH is 1. The Labute approximate surface area is 193 Å². The molecule has 32 heavy (non-hydrogen) atoms. The van der Waals surface area contributed by atoms with Crippen molar-refractivity contribution in [3.63, 3.8) is 0 Å². The van der Waals surface area contributed by atoms with E-state index in [9.17, 15) is 14.8 Å². The Morgan fingerprint density at radius 1 is 1.22 bits per heavy atom. The zero-order chi connectivity index (χ0) is 23.9.